The maximum atomic E-state index is 5.97. The van der Waals surface area contributed by atoms with Crippen LogP contribution in [0.1, 0.15) is 18.0 Å². The smallest absolute Gasteiger partial charge is 0.124 e. The predicted molar refractivity (Wildman–Crippen MR) is 79.3 cm³/mol. The van der Waals surface area contributed by atoms with Crippen molar-refractivity contribution in [3.05, 3.63) is 46.7 Å². The fraction of sp³-hybridized carbons (Fsp3) is 0.214. The molecule has 0 radical (unpaired) electrons. The van der Waals surface area contributed by atoms with Crippen molar-refractivity contribution in [3.63, 3.8) is 0 Å². The molecule has 1 atom stereocenters. The average molecular weight is 320 g/mol. The number of anilines is 2. The summed E-state index contributed by atoms with van der Waals surface area (Å²) in [5, 5.41) is 3.48. The Hall–Kier alpha value is -1.75. The zero-order chi connectivity index (χ0) is 13.2. The van der Waals surface area contributed by atoms with Gasteiger partial charge in [0.25, 0.3) is 0 Å². The van der Waals surface area contributed by atoms with Gasteiger partial charge in [-0.25, -0.2) is 0 Å². The first-order valence-electron chi connectivity index (χ1n) is 6.13. The first kappa shape index (κ1) is 12.3. The van der Waals surface area contributed by atoms with Crippen molar-refractivity contribution >= 4 is 27.3 Å². The van der Waals surface area contributed by atoms with Crippen molar-refractivity contribution in [2.75, 3.05) is 17.7 Å². The topological polar surface area (TPSA) is 60.2 Å². The molecular weight excluding hydrogens is 306 g/mol. The number of fused-ring (bicyclic) bond motifs is 1. The Morgan fingerprint density at radius 1 is 1.32 bits per heavy atom. The van der Waals surface area contributed by atoms with E-state index in [9.17, 15) is 0 Å². The fourth-order valence-electron chi connectivity index (χ4n) is 2.27. The van der Waals surface area contributed by atoms with Gasteiger partial charge in [0.1, 0.15) is 5.75 Å². The molecule has 0 saturated carbocycles. The molecule has 3 rings (SSSR count). The number of benzene rings is 1. The molecule has 4 nitrogen and oxygen atoms in total. The molecule has 3 N–H and O–H groups in total. The zero-order valence-corrected chi connectivity index (χ0v) is 11.9. The minimum absolute atomic E-state index is 0.200. The summed E-state index contributed by atoms with van der Waals surface area (Å²) >= 11 is 3.48. The number of hydrogen-bond acceptors (Lipinski definition) is 4. The molecular formula is C14H14BrN3O. The van der Waals surface area contributed by atoms with Crippen molar-refractivity contribution in [2.45, 2.75) is 12.5 Å². The maximum Gasteiger partial charge on any atom is 0.124 e. The highest BCUT2D eigenvalue weighted by Gasteiger charge is 2.22. The number of nitrogens with two attached hydrogens (primary N) is 1. The molecule has 0 spiro atoms. The molecule has 98 valence electrons. The summed E-state index contributed by atoms with van der Waals surface area (Å²) in [6.45, 7) is 0.706. The quantitative estimate of drug-likeness (QED) is 0.891. The fourth-order valence-corrected chi connectivity index (χ4v) is 2.73. The normalized spacial score (nSPS) is 17.4. The predicted octanol–water partition coefficient (Wildman–Crippen LogP) is 3.36. The van der Waals surface area contributed by atoms with E-state index in [1.165, 1.54) is 0 Å². The molecule has 0 saturated heterocycles. The standard InChI is InChI=1S/C14H14BrN3O/c15-10-7-17-8-11(16)14(10)18-12-5-6-19-13-4-2-1-3-9(12)13/h1-4,7-8,12H,5-6,16H2,(H,17,18). The molecule has 0 aliphatic carbocycles. The van der Waals surface area contributed by atoms with Gasteiger partial charge >= 0.3 is 0 Å². The molecule has 1 unspecified atom stereocenters. The first-order valence-corrected chi connectivity index (χ1v) is 6.92. The lowest BCUT2D eigenvalue weighted by atomic mass is 10.0. The van der Waals surface area contributed by atoms with Crippen LogP contribution in [0.2, 0.25) is 0 Å². The third-order valence-electron chi connectivity index (χ3n) is 3.21. The van der Waals surface area contributed by atoms with Crippen LogP contribution in [0.15, 0.2) is 41.1 Å². The van der Waals surface area contributed by atoms with Gasteiger partial charge in [-0.15, -0.1) is 0 Å². The lowest BCUT2D eigenvalue weighted by Crippen LogP contribution is -2.21. The van der Waals surface area contributed by atoms with Crippen LogP contribution in [0.4, 0.5) is 11.4 Å². The Morgan fingerprint density at radius 2 is 2.16 bits per heavy atom. The highest BCUT2D eigenvalue weighted by Crippen LogP contribution is 2.37. The van der Waals surface area contributed by atoms with Crippen molar-refractivity contribution in [1.29, 1.82) is 0 Å². The molecule has 0 bridgehead atoms. The van der Waals surface area contributed by atoms with Crippen molar-refractivity contribution < 1.29 is 4.74 Å². The van der Waals surface area contributed by atoms with Gasteiger partial charge in [-0.2, -0.15) is 0 Å². The zero-order valence-electron chi connectivity index (χ0n) is 10.3. The number of nitrogen functional groups attached to an aromatic ring is 1. The summed E-state index contributed by atoms with van der Waals surface area (Å²) in [4.78, 5) is 4.05. The monoisotopic (exact) mass is 319 g/mol. The van der Waals surface area contributed by atoms with Crippen LogP contribution < -0.4 is 15.8 Å². The van der Waals surface area contributed by atoms with Crippen LogP contribution in [0.3, 0.4) is 0 Å². The Bertz CT molecular complexity index is 583. The molecule has 2 aromatic rings. The van der Waals surface area contributed by atoms with E-state index >= 15 is 0 Å². The van der Waals surface area contributed by atoms with Gasteiger partial charge in [0.05, 0.1) is 34.7 Å². The maximum absolute atomic E-state index is 5.97. The minimum atomic E-state index is 0.200. The first-order chi connectivity index (χ1) is 9.25. The highest BCUT2D eigenvalue weighted by molar-refractivity contribution is 9.10. The number of pyridine rings is 1. The van der Waals surface area contributed by atoms with E-state index in [2.05, 4.69) is 32.3 Å². The van der Waals surface area contributed by atoms with Crippen molar-refractivity contribution in [3.8, 4) is 5.75 Å². The Balaban J connectivity index is 1.93. The van der Waals surface area contributed by atoms with Crippen LogP contribution in [0.25, 0.3) is 0 Å². The molecule has 1 aliphatic heterocycles. The summed E-state index contributed by atoms with van der Waals surface area (Å²) < 4.78 is 6.53. The van der Waals surface area contributed by atoms with Crippen LogP contribution in [0, 0.1) is 0 Å². The Kier molecular flexibility index (Phi) is 3.29. The summed E-state index contributed by atoms with van der Waals surface area (Å²) in [6.07, 6.45) is 4.30. The number of aromatic nitrogens is 1. The van der Waals surface area contributed by atoms with Crippen LogP contribution in [-0.4, -0.2) is 11.6 Å². The second-order valence-corrected chi connectivity index (χ2v) is 5.31. The van der Waals surface area contributed by atoms with E-state index in [0.717, 1.165) is 27.9 Å². The van der Waals surface area contributed by atoms with E-state index in [4.69, 9.17) is 10.5 Å². The molecule has 1 aromatic carbocycles. The molecule has 5 heteroatoms. The highest BCUT2D eigenvalue weighted by atomic mass is 79.9. The van der Waals surface area contributed by atoms with E-state index < -0.39 is 0 Å². The number of para-hydroxylation sites is 1. The third kappa shape index (κ3) is 2.38. The summed E-state index contributed by atoms with van der Waals surface area (Å²) in [5.74, 6) is 0.940. The van der Waals surface area contributed by atoms with Crippen molar-refractivity contribution in [1.82, 2.24) is 4.98 Å². The van der Waals surface area contributed by atoms with Gasteiger partial charge in [0, 0.05) is 18.2 Å². The van der Waals surface area contributed by atoms with Gasteiger partial charge < -0.3 is 15.8 Å². The summed E-state index contributed by atoms with van der Waals surface area (Å²) in [5.41, 5.74) is 8.66. The molecule has 2 heterocycles. The third-order valence-corrected chi connectivity index (χ3v) is 3.81. The number of rotatable bonds is 2. The molecule has 0 fully saturated rings. The van der Waals surface area contributed by atoms with Gasteiger partial charge in [-0.1, -0.05) is 18.2 Å². The summed E-state index contributed by atoms with van der Waals surface area (Å²) in [7, 11) is 0. The summed E-state index contributed by atoms with van der Waals surface area (Å²) in [6, 6.07) is 8.28. The van der Waals surface area contributed by atoms with E-state index in [-0.39, 0.29) is 6.04 Å². The Morgan fingerprint density at radius 3 is 3.00 bits per heavy atom. The number of halogens is 1. The second kappa shape index (κ2) is 5.09. The number of nitrogens with one attached hydrogen (secondary N) is 1. The van der Waals surface area contributed by atoms with Crippen LogP contribution >= 0.6 is 15.9 Å². The van der Waals surface area contributed by atoms with Crippen molar-refractivity contribution in [2.24, 2.45) is 0 Å². The van der Waals surface area contributed by atoms with Crippen LogP contribution in [0.5, 0.6) is 5.75 Å². The minimum Gasteiger partial charge on any atom is -0.493 e. The molecule has 1 aliphatic rings. The van der Waals surface area contributed by atoms with Crippen LogP contribution in [-0.2, 0) is 0 Å². The van der Waals surface area contributed by atoms with Gasteiger partial charge in [0.15, 0.2) is 0 Å². The second-order valence-electron chi connectivity index (χ2n) is 4.46. The van der Waals surface area contributed by atoms with E-state index in [1.807, 2.05) is 18.2 Å². The molecule has 19 heavy (non-hydrogen) atoms. The van der Waals surface area contributed by atoms with Gasteiger partial charge in [0.2, 0.25) is 0 Å². The average Bonchev–Trinajstić information content (AvgIpc) is 2.43. The lowest BCUT2D eigenvalue weighted by Gasteiger charge is -2.28. The SMILES string of the molecule is Nc1cncc(Br)c1NC1CCOc2ccccc21. The molecule has 1 aromatic heterocycles. The number of hydrogen-bond donors (Lipinski definition) is 2. The lowest BCUT2D eigenvalue weighted by molar-refractivity contribution is 0.274. The van der Waals surface area contributed by atoms with E-state index in [0.29, 0.717) is 12.3 Å². The number of nitrogens with zero attached hydrogens (tertiary/aromatic N) is 1. The van der Waals surface area contributed by atoms with E-state index in [1.54, 1.807) is 12.4 Å². The molecule has 0 amide bonds. The van der Waals surface area contributed by atoms with Gasteiger partial charge in [-0.3, -0.25) is 4.98 Å². The Labute approximate surface area is 120 Å². The largest absolute Gasteiger partial charge is 0.493 e. The number of ether oxygens (including phenoxy) is 1. The van der Waals surface area contributed by atoms with Gasteiger partial charge in [-0.05, 0) is 22.0 Å².